The second kappa shape index (κ2) is 38.8. The Labute approximate surface area is 436 Å². The van der Waals surface area contributed by atoms with Gasteiger partial charge in [0.25, 0.3) is 0 Å². The summed E-state index contributed by atoms with van der Waals surface area (Å²) < 4.78 is 0. The van der Waals surface area contributed by atoms with Gasteiger partial charge in [0.05, 0.1) is 6.54 Å². The third-order valence-corrected chi connectivity index (χ3v) is 10.7. The Hall–Kier alpha value is -7.81. The molecular formula is C42H85N25O8. The molecule has 32 N–H and O–H groups in total. The van der Waals surface area contributed by atoms with Gasteiger partial charge in [-0.25, -0.2) is 0 Å². The molecule has 426 valence electrons. The number of ketones is 1. The molecular weight excluding hydrogens is 983 g/mol. The van der Waals surface area contributed by atoms with Crippen LogP contribution in [0, 0.1) is 27.0 Å². The summed E-state index contributed by atoms with van der Waals surface area (Å²) in [4.78, 5) is 108. The molecule has 7 amide bonds. The maximum absolute atomic E-state index is 14.4. The largest absolute Gasteiger partial charge is 0.370 e. The molecule has 0 saturated heterocycles. The lowest BCUT2D eigenvalue weighted by atomic mass is 10.0. The van der Waals surface area contributed by atoms with Crippen molar-refractivity contribution >= 4 is 76.9 Å². The van der Waals surface area contributed by atoms with Crippen molar-refractivity contribution in [3.05, 3.63) is 0 Å². The molecule has 0 spiro atoms. The fourth-order valence-corrected chi connectivity index (χ4v) is 6.87. The number of Topliss-reactive ketones (excluding diaryl/α,β-unsaturated/α-hetero) is 1. The average Bonchev–Trinajstić information content (AvgIpc) is 3.32. The van der Waals surface area contributed by atoms with E-state index in [1.54, 1.807) is 6.92 Å². The van der Waals surface area contributed by atoms with E-state index in [1.165, 1.54) is 6.92 Å². The molecule has 0 aliphatic carbocycles. The number of hydrogen-bond donors (Lipinski definition) is 25. The molecule has 0 heterocycles. The van der Waals surface area contributed by atoms with Crippen LogP contribution in [0.5, 0.6) is 0 Å². The highest BCUT2D eigenvalue weighted by Gasteiger charge is 2.33. The highest BCUT2D eigenvalue weighted by atomic mass is 16.2. The summed E-state index contributed by atoms with van der Waals surface area (Å²) >= 11 is 0. The van der Waals surface area contributed by atoms with Crippen LogP contribution in [-0.2, 0) is 38.4 Å². The van der Waals surface area contributed by atoms with Gasteiger partial charge < -0.3 is 104 Å². The van der Waals surface area contributed by atoms with E-state index in [1.807, 2.05) is 0 Å². The van der Waals surface area contributed by atoms with Crippen LogP contribution in [0.25, 0.3) is 0 Å². The van der Waals surface area contributed by atoms with Gasteiger partial charge in [-0.2, -0.15) is 0 Å². The summed E-state index contributed by atoms with van der Waals surface area (Å²) in [7, 11) is 0. The third-order valence-electron chi connectivity index (χ3n) is 10.7. The Morgan fingerprint density at radius 2 is 0.613 bits per heavy atom. The molecule has 33 heteroatoms. The van der Waals surface area contributed by atoms with Crippen molar-refractivity contribution in [3.63, 3.8) is 0 Å². The Kier molecular flexibility index (Phi) is 34.7. The number of carbonyl (C=O) groups excluding carboxylic acids is 8. The van der Waals surface area contributed by atoms with Crippen molar-refractivity contribution < 1.29 is 38.4 Å². The van der Waals surface area contributed by atoms with Crippen molar-refractivity contribution in [1.82, 2.24) is 69.1 Å². The predicted molar refractivity (Wildman–Crippen MR) is 281 cm³/mol. The van der Waals surface area contributed by atoms with Gasteiger partial charge in [0.2, 0.25) is 41.4 Å². The maximum atomic E-state index is 14.4. The minimum Gasteiger partial charge on any atom is -0.370 e. The van der Waals surface area contributed by atoms with E-state index in [-0.39, 0.29) is 165 Å². The zero-order valence-electron chi connectivity index (χ0n) is 43.0. The summed E-state index contributed by atoms with van der Waals surface area (Å²) in [6, 6.07) is -7.89. The first-order valence-electron chi connectivity index (χ1n) is 24.6. The smallest absolute Gasteiger partial charge is 0.243 e. The van der Waals surface area contributed by atoms with Gasteiger partial charge in [-0.3, -0.25) is 70.7 Å². The van der Waals surface area contributed by atoms with Crippen LogP contribution in [0.15, 0.2) is 0 Å². The molecule has 33 nitrogen and oxygen atoms in total. The van der Waals surface area contributed by atoms with Crippen molar-refractivity contribution in [2.45, 2.75) is 140 Å². The van der Waals surface area contributed by atoms with Gasteiger partial charge in [-0.05, 0) is 83.6 Å². The Morgan fingerprint density at radius 3 is 0.840 bits per heavy atom. The highest BCUT2D eigenvalue weighted by Crippen LogP contribution is 2.09. The van der Waals surface area contributed by atoms with Crippen LogP contribution < -0.4 is 109 Å². The van der Waals surface area contributed by atoms with Crippen molar-refractivity contribution in [1.29, 1.82) is 27.0 Å². The number of hydrogen-bond acceptors (Lipinski definition) is 16. The minimum atomic E-state index is -1.43. The molecule has 0 aromatic rings. The number of rotatable bonds is 40. The van der Waals surface area contributed by atoms with Crippen LogP contribution in [0.2, 0.25) is 0 Å². The minimum absolute atomic E-state index is 0.0146. The highest BCUT2D eigenvalue weighted by molar-refractivity contribution is 5.97. The van der Waals surface area contributed by atoms with Crippen LogP contribution >= 0.6 is 0 Å². The number of amides is 7. The molecule has 75 heavy (non-hydrogen) atoms. The van der Waals surface area contributed by atoms with Crippen LogP contribution in [0.4, 0.5) is 0 Å². The number of guanidine groups is 5. The molecule has 6 atom stereocenters. The van der Waals surface area contributed by atoms with Crippen LogP contribution in [0.3, 0.4) is 0 Å². The lowest BCUT2D eigenvalue weighted by molar-refractivity contribution is -0.135. The molecule has 0 saturated carbocycles. The quantitative estimate of drug-likeness (QED) is 0.0117. The van der Waals surface area contributed by atoms with E-state index in [2.05, 4.69) is 69.1 Å². The molecule has 0 radical (unpaired) electrons. The first kappa shape index (κ1) is 67.2. The van der Waals surface area contributed by atoms with Crippen molar-refractivity contribution in [2.75, 3.05) is 45.8 Å². The van der Waals surface area contributed by atoms with E-state index in [0.717, 1.165) is 0 Å². The Bertz CT molecular complexity index is 1910. The van der Waals surface area contributed by atoms with E-state index in [4.69, 9.17) is 67.2 Å². The fraction of sp³-hybridized carbons (Fsp3) is 0.690. The summed E-state index contributed by atoms with van der Waals surface area (Å²) in [6.07, 6.45) is 0.162. The van der Waals surface area contributed by atoms with Gasteiger partial charge >= 0.3 is 0 Å². The van der Waals surface area contributed by atoms with E-state index in [9.17, 15) is 38.4 Å². The lowest BCUT2D eigenvalue weighted by Crippen LogP contribution is -2.60. The lowest BCUT2D eigenvalue weighted by Gasteiger charge is -2.28. The third kappa shape index (κ3) is 34.3. The Balaban J connectivity index is 7.06. The fourth-order valence-electron chi connectivity index (χ4n) is 6.87. The van der Waals surface area contributed by atoms with Crippen molar-refractivity contribution in [3.8, 4) is 0 Å². The van der Waals surface area contributed by atoms with Gasteiger partial charge in [-0.1, -0.05) is 6.92 Å². The summed E-state index contributed by atoms with van der Waals surface area (Å²) in [5.41, 5.74) is 38.4. The first-order valence-corrected chi connectivity index (χ1v) is 24.6. The van der Waals surface area contributed by atoms with Crippen LogP contribution in [-0.4, -0.2) is 165 Å². The second-order valence-corrected chi connectivity index (χ2v) is 17.2. The van der Waals surface area contributed by atoms with Crippen molar-refractivity contribution in [2.24, 2.45) is 40.1 Å². The molecule has 0 aromatic carbocycles. The monoisotopic (exact) mass is 1070 g/mol. The van der Waals surface area contributed by atoms with Gasteiger partial charge in [0, 0.05) is 46.1 Å². The number of nitrogens with one attached hydrogen (secondary N) is 18. The zero-order chi connectivity index (χ0) is 56.9. The molecule has 0 fully saturated rings. The van der Waals surface area contributed by atoms with E-state index in [0.29, 0.717) is 0 Å². The average molecular weight is 1070 g/mol. The topological polar surface area (TPSA) is 594 Å². The summed E-state index contributed by atoms with van der Waals surface area (Å²) in [5.74, 6) is -7.39. The molecule has 0 rings (SSSR count). The maximum Gasteiger partial charge on any atom is 0.243 e. The normalized spacial score (nSPS) is 13.1. The van der Waals surface area contributed by atoms with Gasteiger partial charge in [-0.15, -0.1) is 0 Å². The number of nitrogens with two attached hydrogens (primary N) is 7. The standard InChI is InChI=1S/C42H85N25O8/c1-3-24(69)22-61-31(70)25(10-4-16-55-37(43)44)63-33(72)27(12-6-18-57-39(47)48)65-35(74)29(14-8-20-59-41(51)52)67-36(75)30(15-9-21-60-42(53)54)66-34(73)28(13-7-19-58-40(49)50)64-32(71)26(62-23(2)68)11-5-17-56-38(45)46/h25-30,40,58H,3-22,49-50H2,1-2H3,(H,61,70)(H,62,68)(H,63,72)(H,64,71)(H,65,74)(H,66,73)(H,67,75)(H4,43,44,55)(H4,45,46,56)(H4,47,48,57)(H4,51,52,59)(H4,53,54,60)/t25?,26-,27-,28-,29-,30-/m0/s1. The molecule has 0 aliphatic rings. The van der Waals surface area contributed by atoms with Crippen LogP contribution in [0.1, 0.15) is 97.3 Å². The summed E-state index contributed by atoms with van der Waals surface area (Å²) in [6.45, 7) is 3.32. The summed E-state index contributed by atoms with van der Waals surface area (Å²) in [5, 5.41) is 71.6. The Morgan fingerprint density at radius 1 is 0.373 bits per heavy atom. The second-order valence-electron chi connectivity index (χ2n) is 17.2. The number of carbonyl (C=O) groups is 8. The van der Waals surface area contributed by atoms with Gasteiger partial charge in [0.15, 0.2) is 35.6 Å². The molecule has 0 aliphatic heterocycles. The molecule has 1 unspecified atom stereocenters. The molecule has 0 bridgehead atoms. The van der Waals surface area contributed by atoms with Gasteiger partial charge in [0.1, 0.15) is 42.5 Å². The SMILES string of the molecule is CCC(=O)CNC(=O)C(CCCNC(=N)N)NC(=O)[C@H](CCCNC(=N)N)NC(=O)[C@H](CCCNC(=N)N)NC(=O)[C@H](CCCNC(=N)N)NC(=O)[C@H](CCCNC(N)N)NC(=O)[C@H](CCCNC(=N)N)NC(C)=O. The first-order chi connectivity index (χ1) is 35.4. The zero-order valence-corrected chi connectivity index (χ0v) is 43.0. The predicted octanol–water partition coefficient (Wildman–Crippen LogP) is -8.10. The van der Waals surface area contributed by atoms with E-state index < -0.39 is 83.9 Å². The molecule has 0 aromatic heterocycles. The van der Waals surface area contributed by atoms with E-state index >= 15 is 0 Å².